The van der Waals surface area contributed by atoms with Gasteiger partial charge in [-0.05, 0) is 76.6 Å². The molecule has 54 heavy (non-hydrogen) atoms. The first-order valence-electron chi connectivity index (χ1n) is 18.5. The van der Waals surface area contributed by atoms with E-state index < -0.39 is 11.7 Å². The SMILES string of the molecule is CCC[C@H](C)Oc1nc(N(Cc2ccc(OC)cc2OC)Cc2ccc(OC)cc2OC)c2ncc(C(O)C3CCN(C(=O)OC(C)(C)C)CC3C)n2n1. The van der Waals surface area contributed by atoms with Crippen LogP contribution >= 0.6 is 0 Å². The third-order valence-corrected chi connectivity index (χ3v) is 9.70. The highest BCUT2D eigenvalue weighted by Gasteiger charge is 2.37. The number of carbonyl (C=O) groups excluding carboxylic acids is 1. The molecule has 14 heteroatoms. The van der Waals surface area contributed by atoms with Crippen molar-refractivity contribution in [3.8, 4) is 29.0 Å². The summed E-state index contributed by atoms with van der Waals surface area (Å²) >= 11 is 0. The minimum atomic E-state index is -0.934. The first-order chi connectivity index (χ1) is 25.8. The maximum atomic E-state index is 12.9. The number of rotatable bonds is 15. The number of aliphatic hydroxyl groups excluding tert-OH is 1. The van der Waals surface area contributed by atoms with E-state index >= 15 is 0 Å². The van der Waals surface area contributed by atoms with Gasteiger partial charge >= 0.3 is 12.1 Å². The van der Waals surface area contributed by atoms with Gasteiger partial charge in [0.2, 0.25) is 0 Å². The predicted molar refractivity (Wildman–Crippen MR) is 205 cm³/mol. The molecule has 4 atom stereocenters. The largest absolute Gasteiger partial charge is 0.497 e. The Morgan fingerprint density at radius 3 is 2.11 bits per heavy atom. The third-order valence-electron chi connectivity index (χ3n) is 9.70. The highest BCUT2D eigenvalue weighted by Crippen LogP contribution is 2.38. The molecule has 0 radical (unpaired) electrons. The molecule has 4 aromatic rings. The molecule has 3 unspecified atom stereocenters. The molecule has 0 spiro atoms. The molecule has 1 aliphatic rings. The summed E-state index contributed by atoms with van der Waals surface area (Å²) in [5, 5.41) is 16.9. The normalized spacial score (nSPS) is 17.1. The monoisotopic (exact) mass is 748 g/mol. The molecule has 1 fully saturated rings. The Morgan fingerprint density at radius 2 is 1.59 bits per heavy atom. The smallest absolute Gasteiger partial charge is 0.410 e. The lowest BCUT2D eigenvalue weighted by molar-refractivity contribution is -0.00932. The summed E-state index contributed by atoms with van der Waals surface area (Å²) in [6.07, 6.45) is 2.52. The van der Waals surface area contributed by atoms with E-state index in [0.717, 1.165) is 24.0 Å². The summed E-state index contributed by atoms with van der Waals surface area (Å²) in [5.74, 6) is 2.91. The van der Waals surface area contributed by atoms with Crippen LogP contribution in [0, 0.1) is 11.8 Å². The van der Waals surface area contributed by atoms with E-state index in [1.807, 2.05) is 71.0 Å². The van der Waals surface area contributed by atoms with E-state index in [1.165, 1.54) is 0 Å². The van der Waals surface area contributed by atoms with Crippen LogP contribution in [0.1, 0.15) is 83.7 Å². The van der Waals surface area contributed by atoms with Crippen LogP contribution in [-0.4, -0.2) is 88.9 Å². The van der Waals surface area contributed by atoms with E-state index in [1.54, 1.807) is 44.1 Å². The molecule has 2 aromatic carbocycles. The lowest BCUT2D eigenvalue weighted by Gasteiger charge is -2.39. The number of piperidine rings is 1. The Hall–Kier alpha value is -4.98. The fraction of sp³-hybridized carbons (Fsp3) is 0.550. The molecule has 294 valence electrons. The number of ether oxygens (including phenoxy) is 6. The van der Waals surface area contributed by atoms with Gasteiger partial charge in [0.25, 0.3) is 0 Å². The average Bonchev–Trinajstić information content (AvgIpc) is 3.57. The van der Waals surface area contributed by atoms with Crippen molar-refractivity contribution < 1.29 is 38.3 Å². The Morgan fingerprint density at radius 1 is 0.981 bits per heavy atom. The molecule has 0 bridgehead atoms. The summed E-state index contributed by atoms with van der Waals surface area (Å²) < 4.78 is 36.2. The van der Waals surface area contributed by atoms with Crippen LogP contribution in [-0.2, 0) is 17.8 Å². The molecule has 1 N–H and O–H groups in total. The van der Waals surface area contributed by atoms with Crippen molar-refractivity contribution in [1.82, 2.24) is 24.5 Å². The highest BCUT2D eigenvalue weighted by atomic mass is 16.6. The van der Waals surface area contributed by atoms with Crippen LogP contribution in [0.15, 0.2) is 42.6 Å². The van der Waals surface area contributed by atoms with Crippen LogP contribution in [0.4, 0.5) is 10.6 Å². The number of aromatic nitrogens is 4. The summed E-state index contributed by atoms with van der Waals surface area (Å²) in [7, 11) is 6.48. The zero-order valence-corrected chi connectivity index (χ0v) is 33.3. The van der Waals surface area contributed by atoms with Crippen LogP contribution in [0.5, 0.6) is 29.0 Å². The number of nitrogens with zero attached hydrogens (tertiary/aromatic N) is 6. The van der Waals surface area contributed by atoms with E-state index in [9.17, 15) is 9.90 Å². The molecule has 1 aliphatic heterocycles. The maximum absolute atomic E-state index is 12.9. The first-order valence-corrected chi connectivity index (χ1v) is 18.5. The number of fused-ring (bicyclic) bond motifs is 1. The molecule has 1 saturated heterocycles. The maximum Gasteiger partial charge on any atom is 0.410 e. The molecular weight excluding hydrogens is 692 g/mol. The molecule has 3 heterocycles. The minimum absolute atomic E-state index is 0.0324. The quantitative estimate of drug-likeness (QED) is 0.136. The second-order valence-electron chi connectivity index (χ2n) is 14.9. The summed E-state index contributed by atoms with van der Waals surface area (Å²) in [5.41, 5.74) is 2.11. The summed E-state index contributed by atoms with van der Waals surface area (Å²) in [6.45, 7) is 13.3. The van der Waals surface area contributed by atoms with Crippen molar-refractivity contribution in [2.24, 2.45) is 11.8 Å². The van der Waals surface area contributed by atoms with Crippen molar-refractivity contribution in [3.63, 3.8) is 0 Å². The van der Waals surface area contributed by atoms with E-state index in [4.69, 9.17) is 43.5 Å². The first kappa shape index (κ1) is 40.2. The van der Waals surface area contributed by atoms with Crippen molar-refractivity contribution in [2.45, 2.75) is 91.7 Å². The average molecular weight is 749 g/mol. The third kappa shape index (κ3) is 9.38. The fourth-order valence-corrected chi connectivity index (χ4v) is 6.90. The zero-order chi connectivity index (χ0) is 39.2. The van der Waals surface area contributed by atoms with Crippen LogP contribution in [0.25, 0.3) is 5.65 Å². The van der Waals surface area contributed by atoms with Crippen LogP contribution in [0.2, 0.25) is 0 Å². The Kier molecular flexibility index (Phi) is 13.0. The second-order valence-corrected chi connectivity index (χ2v) is 14.9. The van der Waals surface area contributed by atoms with Gasteiger partial charge in [-0.15, -0.1) is 5.10 Å². The van der Waals surface area contributed by atoms with Gasteiger partial charge in [-0.1, -0.05) is 20.3 Å². The summed E-state index contributed by atoms with van der Waals surface area (Å²) in [4.78, 5) is 26.5. The van der Waals surface area contributed by atoms with Gasteiger partial charge in [-0.2, -0.15) is 4.98 Å². The molecule has 0 aliphatic carbocycles. The van der Waals surface area contributed by atoms with Gasteiger partial charge in [0.15, 0.2) is 11.5 Å². The molecule has 2 aromatic heterocycles. The van der Waals surface area contributed by atoms with Gasteiger partial charge in [-0.25, -0.2) is 14.3 Å². The predicted octanol–water partition coefficient (Wildman–Crippen LogP) is 6.86. The highest BCUT2D eigenvalue weighted by molar-refractivity contribution is 5.68. The van der Waals surface area contributed by atoms with Gasteiger partial charge in [0.05, 0.1) is 46.4 Å². The molecular formula is C40H56N6O8. The number of carbonyl (C=O) groups is 1. The van der Waals surface area contributed by atoms with Crippen molar-refractivity contribution in [2.75, 3.05) is 46.4 Å². The zero-order valence-electron chi connectivity index (χ0n) is 33.3. The van der Waals surface area contributed by atoms with E-state index in [-0.39, 0.29) is 30.0 Å². The topological polar surface area (TPSA) is 142 Å². The lowest BCUT2D eigenvalue weighted by Crippen LogP contribution is -2.46. The fourth-order valence-electron chi connectivity index (χ4n) is 6.90. The van der Waals surface area contributed by atoms with Crippen LogP contribution < -0.4 is 28.6 Å². The molecule has 1 amide bonds. The van der Waals surface area contributed by atoms with Gasteiger partial charge in [0.1, 0.15) is 34.7 Å². The van der Waals surface area contributed by atoms with Crippen molar-refractivity contribution >= 4 is 17.6 Å². The second kappa shape index (κ2) is 17.4. The van der Waals surface area contributed by atoms with Gasteiger partial charge in [0, 0.05) is 49.4 Å². The van der Waals surface area contributed by atoms with Gasteiger partial charge in [-0.3, -0.25) is 0 Å². The molecule has 14 nitrogen and oxygen atoms in total. The number of aliphatic hydroxyl groups is 1. The molecule has 0 saturated carbocycles. The van der Waals surface area contributed by atoms with E-state index in [0.29, 0.717) is 72.8 Å². The van der Waals surface area contributed by atoms with Crippen LogP contribution in [0.3, 0.4) is 0 Å². The standard InChI is InChI=1S/C40H56N6O8/c1-11-12-26(3)53-38-42-37(36-41-21-32(46(36)43-38)35(47)31-17-18-44(22-25(31)2)39(48)54-40(4,5)6)45(23-27-13-15-29(49-7)19-33(27)51-9)24-28-14-16-30(50-8)20-34(28)52-10/h13-16,19-21,25-26,31,35,47H,11-12,17-18,22-24H2,1-10H3/t25?,26-,31?,35?/m0/s1. The summed E-state index contributed by atoms with van der Waals surface area (Å²) in [6, 6.07) is 11.5. The minimum Gasteiger partial charge on any atom is -0.497 e. The number of hydrogen-bond acceptors (Lipinski definition) is 12. The number of imidazole rings is 1. The Bertz CT molecular complexity index is 1820. The Labute approximate surface area is 318 Å². The van der Waals surface area contributed by atoms with E-state index in [2.05, 4.69) is 11.8 Å². The Balaban J connectivity index is 1.59. The number of methoxy groups -OCH3 is 4. The lowest BCUT2D eigenvalue weighted by atomic mass is 9.82. The van der Waals surface area contributed by atoms with Gasteiger partial charge < -0.3 is 43.3 Å². The number of hydrogen-bond donors (Lipinski definition) is 1. The number of amides is 1. The van der Waals surface area contributed by atoms with Crippen molar-refractivity contribution in [1.29, 1.82) is 0 Å². The number of likely N-dealkylation sites (tertiary alicyclic amines) is 1. The van der Waals surface area contributed by atoms with Crippen molar-refractivity contribution in [3.05, 3.63) is 59.4 Å². The molecule has 5 rings (SSSR count). The number of benzene rings is 2. The number of anilines is 1.